The van der Waals surface area contributed by atoms with Gasteiger partial charge in [-0.3, -0.25) is 9.59 Å². The number of likely N-dealkylation sites (tertiary alicyclic amines) is 1. The predicted octanol–water partition coefficient (Wildman–Crippen LogP) is 4.47. The Labute approximate surface area is 246 Å². The molecule has 0 unspecified atom stereocenters. The standard InChI is InChI=1S/C33H32N4O4S/c34-23-25-15-13-24(14-16-25)21-30(33(39)37-19-7-2-8-20-37)35-32(38)31(27-10-3-1-4-11-27)36-42(40,41)29-18-17-26-9-5-6-12-28(26)22-29/h1,3-6,9-18,22,30-31,36H,2,7-8,19-21H2,(H,35,38)/t30-,31+/m0/s1. The summed E-state index contributed by atoms with van der Waals surface area (Å²) in [6, 6.07) is 27.6. The number of fused-ring (bicyclic) bond motifs is 1. The van der Waals surface area contributed by atoms with Crippen molar-refractivity contribution in [1.82, 2.24) is 14.9 Å². The highest BCUT2D eigenvalue weighted by Gasteiger charge is 2.33. The van der Waals surface area contributed by atoms with Gasteiger partial charge in [0.15, 0.2) is 0 Å². The number of nitrogens with one attached hydrogen (secondary N) is 2. The molecule has 1 heterocycles. The second-order valence-electron chi connectivity index (χ2n) is 10.4. The summed E-state index contributed by atoms with van der Waals surface area (Å²) in [5, 5.41) is 13.7. The molecule has 2 amide bonds. The normalized spacial score (nSPS) is 15.0. The number of carbonyl (C=O) groups is 2. The molecule has 0 saturated carbocycles. The van der Waals surface area contributed by atoms with E-state index in [1.54, 1.807) is 71.6 Å². The van der Waals surface area contributed by atoms with Gasteiger partial charge in [-0.2, -0.15) is 9.98 Å². The first-order chi connectivity index (χ1) is 20.3. The average Bonchev–Trinajstić information content (AvgIpc) is 3.04. The lowest BCUT2D eigenvalue weighted by molar-refractivity contribution is -0.137. The molecule has 8 nitrogen and oxygen atoms in total. The Morgan fingerprint density at radius 3 is 2.19 bits per heavy atom. The number of carbonyl (C=O) groups excluding carboxylic acids is 2. The Hall–Kier alpha value is -4.52. The Kier molecular flexibility index (Phi) is 8.96. The molecule has 0 aliphatic carbocycles. The fraction of sp³-hybridized carbons (Fsp3) is 0.242. The summed E-state index contributed by atoms with van der Waals surface area (Å²) < 4.78 is 29.8. The summed E-state index contributed by atoms with van der Waals surface area (Å²) in [6.45, 7) is 1.21. The van der Waals surface area contributed by atoms with Crippen LogP contribution in [0.2, 0.25) is 0 Å². The van der Waals surface area contributed by atoms with Crippen molar-refractivity contribution in [3.05, 3.63) is 114 Å². The smallest absolute Gasteiger partial charge is 0.245 e. The van der Waals surface area contributed by atoms with Crippen LogP contribution in [-0.4, -0.2) is 44.3 Å². The molecule has 1 aliphatic rings. The van der Waals surface area contributed by atoms with E-state index in [0.717, 1.165) is 35.6 Å². The summed E-state index contributed by atoms with van der Waals surface area (Å²) in [4.78, 5) is 29.4. The van der Waals surface area contributed by atoms with Crippen LogP contribution in [0.15, 0.2) is 102 Å². The van der Waals surface area contributed by atoms with Crippen LogP contribution in [0.3, 0.4) is 0 Å². The van der Waals surface area contributed by atoms with Gasteiger partial charge in [0.05, 0.1) is 16.5 Å². The summed E-state index contributed by atoms with van der Waals surface area (Å²) in [5.74, 6) is -0.842. The Bertz CT molecular complexity index is 1710. The van der Waals surface area contributed by atoms with Gasteiger partial charge in [0.2, 0.25) is 21.8 Å². The van der Waals surface area contributed by atoms with Crippen LogP contribution in [0.4, 0.5) is 0 Å². The third kappa shape index (κ3) is 6.85. The van der Waals surface area contributed by atoms with Crippen molar-refractivity contribution in [1.29, 1.82) is 5.26 Å². The van der Waals surface area contributed by atoms with Crippen molar-refractivity contribution in [2.24, 2.45) is 0 Å². The van der Waals surface area contributed by atoms with Gasteiger partial charge in [0.25, 0.3) is 0 Å². The van der Waals surface area contributed by atoms with Crippen LogP contribution in [0.25, 0.3) is 10.8 Å². The number of sulfonamides is 1. The third-order valence-electron chi connectivity index (χ3n) is 7.50. The largest absolute Gasteiger partial charge is 0.342 e. The van der Waals surface area contributed by atoms with Gasteiger partial charge in [0.1, 0.15) is 12.1 Å². The highest BCUT2D eigenvalue weighted by Crippen LogP contribution is 2.23. The summed E-state index contributed by atoms with van der Waals surface area (Å²) in [7, 11) is -4.12. The van der Waals surface area contributed by atoms with Gasteiger partial charge >= 0.3 is 0 Å². The second-order valence-corrected chi connectivity index (χ2v) is 12.1. The molecule has 4 aromatic carbocycles. The maximum Gasteiger partial charge on any atom is 0.245 e. The highest BCUT2D eigenvalue weighted by atomic mass is 32.2. The topological polar surface area (TPSA) is 119 Å². The number of rotatable bonds is 9. The minimum atomic E-state index is -4.12. The van der Waals surface area contributed by atoms with Gasteiger partial charge in [-0.05, 0) is 65.4 Å². The quantitative estimate of drug-likeness (QED) is 0.303. The molecule has 0 bridgehead atoms. The maximum atomic E-state index is 13.9. The zero-order valence-corrected chi connectivity index (χ0v) is 23.9. The molecule has 9 heteroatoms. The fourth-order valence-corrected chi connectivity index (χ4v) is 6.44. The Morgan fingerprint density at radius 1 is 0.833 bits per heavy atom. The van der Waals surface area contributed by atoms with Crippen molar-refractivity contribution >= 4 is 32.6 Å². The fourth-order valence-electron chi connectivity index (χ4n) is 5.22. The summed E-state index contributed by atoms with van der Waals surface area (Å²) >= 11 is 0. The van der Waals surface area contributed by atoms with E-state index in [-0.39, 0.29) is 17.2 Å². The molecule has 0 aromatic heterocycles. The zero-order valence-electron chi connectivity index (χ0n) is 23.1. The van der Waals surface area contributed by atoms with Gasteiger partial charge in [0, 0.05) is 19.5 Å². The SMILES string of the molecule is N#Cc1ccc(C[C@H](NC(=O)[C@H](NS(=O)(=O)c2ccc3ccccc3c2)c2ccccc2)C(=O)N2CCCCC2)cc1. The number of benzene rings is 4. The predicted molar refractivity (Wildman–Crippen MR) is 161 cm³/mol. The molecule has 0 spiro atoms. The van der Waals surface area contributed by atoms with Crippen LogP contribution < -0.4 is 10.0 Å². The van der Waals surface area contributed by atoms with E-state index in [1.165, 1.54) is 6.07 Å². The minimum absolute atomic E-state index is 0.0356. The molecule has 2 atom stereocenters. The van der Waals surface area contributed by atoms with E-state index in [2.05, 4.69) is 16.1 Å². The lowest BCUT2D eigenvalue weighted by Crippen LogP contribution is -2.53. The molecule has 0 radical (unpaired) electrons. The van der Waals surface area contributed by atoms with E-state index in [1.807, 2.05) is 24.3 Å². The van der Waals surface area contributed by atoms with Crippen molar-refractivity contribution in [2.45, 2.75) is 42.7 Å². The van der Waals surface area contributed by atoms with Gasteiger partial charge in [-0.1, -0.05) is 72.8 Å². The highest BCUT2D eigenvalue weighted by molar-refractivity contribution is 7.89. The number of nitriles is 1. The Morgan fingerprint density at radius 2 is 1.50 bits per heavy atom. The molecule has 5 rings (SSSR count). The molecule has 4 aromatic rings. The first-order valence-corrected chi connectivity index (χ1v) is 15.5. The molecule has 1 saturated heterocycles. The van der Waals surface area contributed by atoms with Crippen molar-refractivity contribution < 1.29 is 18.0 Å². The minimum Gasteiger partial charge on any atom is -0.342 e. The molecule has 214 valence electrons. The van der Waals surface area contributed by atoms with Gasteiger partial charge in [-0.25, -0.2) is 8.42 Å². The zero-order chi connectivity index (χ0) is 29.5. The first-order valence-electron chi connectivity index (χ1n) is 14.0. The Balaban J connectivity index is 1.44. The van der Waals surface area contributed by atoms with E-state index in [4.69, 9.17) is 5.26 Å². The number of hydrogen-bond donors (Lipinski definition) is 2. The molecule has 42 heavy (non-hydrogen) atoms. The van der Waals surface area contributed by atoms with Gasteiger partial charge < -0.3 is 10.2 Å². The number of amides is 2. The lowest BCUT2D eigenvalue weighted by atomic mass is 10.0. The molecule has 1 aliphatic heterocycles. The monoisotopic (exact) mass is 580 g/mol. The van der Waals surface area contributed by atoms with Crippen molar-refractivity contribution in [2.75, 3.05) is 13.1 Å². The van der Waals surface area contributed by atoms with E-state index >= 15 is 0 Å². The van der Waals surface area contributed by atoms with Crippen LogP contribution in [0, 0.1) is 11.3 Å². The van der Waals surface area contributed by atoms with Crippen LogP contribution in [0.5, 0.6) is 0 Å². The van der Waals surface area contributed by atoms with Crippen LogP contribution in [-0.2, 0) is 26.0 Å². The number of piperidine rings is 1. The first kappa shape index (κ1) is 29.0. The summed E-state index contributed by atoms with van der Waals surface area (Å²) in [5.41, 5.74) is 1.72. The average molecular weight is 581 g/mol. The van der Waals surface area contributed by atoms with E-state index in [0.29, 0.717) is 24.2 Å². The van der Waals surface area contributed by atoms with Crippen LogP contribution in [0.1, 0.15) is 42.0 Å². The molecule has 2 N–H and O–H groups in total. The van der Waals surface area contributed by atoms with E-state index < -0.39 is 28.0 Å². The van der Waals surface area contributed by atoms with Gasteiger partial charge in [-0.15, -0.1) is 0 Å². The van der Waals surface area contributed by atoms with E-state index in [9.17, 15) is 18.0 Å². The molecule has 1 fully saturated rings. The molecular formula is C33H32N4O4S. The third-order valence-corrected chi connectivity index (χ3v) is 8.93. The number of hydrogen-bond acceptors (Lipinski definition) is 5. The van der Waals surface area contributed by atoms with Crippen molar-refractivity contribution in [3.8, 4) is 6.07 Å². The second kappa shape index (κ2) is 13.0. The lowest BCUT2D eigenvalue weighted by Gasteiger charge is -2.31. The summed E-state index contributed by atoms with van der Waals surface area (Å²) in [6.07, 6.45) is 3.03. The van der Waals surface area contributed by atoms with Crippen LogP contribution >= 0.6 is 0 Å². The maximum absolute atomic E-state index is 13.9. The molecular weight excluding hydrogens is 548 g/mol. The number of nitrogens with zero attached hydrogens (tertiary/aromatic N) is 2. The van der Waals surface area contributed by atoms with Crippen molar-refractivity contribution in [3.63, 3.8) is 0 Å².